The van der Waals surface area contributed by atoms with Gasteiger partial charge >= 0.3 is 0 Å². The summed E-state index contributed by atoms with van der Waals surface area (Å²) >= 11 is 0. The molecule has 1 saturated carbocycles. The van der Waals surface area contributed by atoms with E-state index in [1.54, 1.807) is 12.1 Å². The Kier molecular flexibility index (Phi) is 8.30. The highest BCUT2D eigenvalue weighted by atomic mass is 19.1. The average Bonchev–Trinajstić information content (AvgIpc) is 2.87. The third-order valence-corrected chi connectivity index (χ3v) is 7.65. The van der Waals surface area contributed by atoms with E-state index in [2.05, 4.69) is 0 Å². The molecular formula is C31H34F4. The van der Waals surface area contributed by atoms with E-state index in [0.29, 0.717) is 30.4 Å². The summed E-state index contributed by atoms with van der Waals surface area (Å²) in [5.74, 6) is -2.34. The Balaban J connectivity index is 1.65. The number of halogens is 4. The van der Waals surface area contributed by atoms with Crippen molar-refractivity contribution in [2.75, 3.05) is 6.67 Å². The molecular weight excluding hydrogens is 448 g/mol. The van der Waals surface area contributed by atoms with Gasteiger partial charge in [0.05, 0.1) is 12.2 Å². The van der Waals surface area contributed by atoms with Gasteiger partial charge in [-0.25, -0.2) is 13.2 Å². The molecule has 0 spiro atoms. The van der Waals surface area contributed by atoms with Crippen LogP contribution < -0.4 is 0 Å². The van der Waals surface area contributed by atoms with Gasteiger partial charge in [-0.1, -0.05) is 87.2 Å². The minimum absolute atomic E-state index is 0.0759. The lowest BCUT2D eigenvalue weighted by Crippen LogP contribution is -2.40. The van der Waals surface area contributed by atoms with E-state index in [4.69, 9.17) is 0 Å². The van der Waals surface area contributed by atoms with Gasteiger partial charge in [-0.2, -0.15) is 0 Å². The molecule has 0 saturated heterocycles. The van der Waals surface area contributed by atoms with Crippen molar-refractivity contribution in [1.82, 2.24) is 0 Å². The van der Waals surface area contributed by atoms with Crippen LogP contribution in [0, 0.1) is 17.6 Å². The summed E-state index contributed by atoms with van der Waals surface area (Å²) in [4.78, 5) is 0. The van der Waals surface area contributed by atoms with Gasteiger partial charge in [-0.15, -0.1) is 0 Å². The topological polar surface area (TPSA) is 0 Å². The second-order valence-electron chi connectivity index (χ2n) is 9.88. The van der Waals surface area contributed by atoms with Crippen LogP contribution in [0.5, 0.6) is 0 Å². The first-order chi connectivity index (χ1) is 17.0. The lowest BCUT2D eigenvalue weighted by Gasteiger charge is -2.42. The fourth-order valence-corrected chi connectivity index (χ4v) is 5.83. The molecule has 0 N–H and O–H groups in total. The van der Waals surface area contributed by atoms with Crippen molar-refractivity contribution in [2.45, 2.75) is 69.9 Å². The van der Waals surface area contributed by atoms with Gasteiger partial charge in [-0.3, -0.25) is 4.39 Å². The van der Waals surface area contributed by atoms with Crippen molar-refractivity contribution in [2.24, 2.45) is 5.92 Å². The van der Waals surface area contributed by atoms with E-state index in [-0.39, 0.29) is 12.0 Å². The van der Waals surface area contributed by atoms with E-state index < -0.39 is 35.8 Å². The zero-order valence-corrected chi connectivity index (χ0v) is 20.4. The van der Waals surface area contributed by atoms with E-state index in [1.165, 1.54) is 12.1 Å². The summed E-state index contributed by atoms with van der Waals surface area (Å²) in [6.07, 6.45) is 4.87. The molecule has 3 aromatic carbocycles. The molecule has 3 aromatic rings. The molecule has 0 aliphatic heterocycles. The van der Waals surface area contributed by atoms with Crippen LogP contribution in [0.25, 0.3) is 22.3 Å². The Labute approximate surface area is 206 Å². The largest absolute Gasteiger partial charge is 0.251 e. The zero-order valence-electron chi connectivity index (χ0n) is 20.4. The molecule has 35 heavy (non-hydrogen) atoms. The summed E-state index contributed by atoms with van der Waals surface area (Å²) in [7, 11) is 0. The highest BCUT2D eigenvalue weighted by molar-refractivity contribution is 5.71. The highest BCUT2D eigenvalue weighted by Gasteiger charge is 2.44. The van der Waals surface area contributed by atoms with E-state index in [0.717, 1.165) is 36.8 Å². The molecule has 1 aliphatic carbocycles. The van der Waals surface area contributed by atoms with Crippen molar-refractivity contribution in [3.05, 3.63) is 83.9 Å². The predicted octanol–water partition coefficient (Wildman–Crippen LogP) is 9.83. The first-order valence-corrected chi connectivity index (χ1v) is 12.9. The van der Waals surface area contributed by atoms with Gasteiger partial charge in [0, 0.05) is 0 Å². The van der Waals surface area contributed by atoms with Gasteiger partial charge in [0.25, 0.3) is 0 Å². The third kappa shape index (κ3) is 5.63. The monoisotopic (exact) mass is 482 g/mol. The molecule has 0 amide bonds. The van der Waals surface area contributed by atoms with Crippen LogP contribution in [0.15, 0.2) is 66.7 Å². The van der Waals surface area contributed by atoms with E-state index in [9.17, 15) is 4.39 Å². The van der Waals surface area contributed by atoms with Crippen LogP contribution in [-0.2, 0) is 0 Å². The van der Waals surface area contributed by atoms with E-state index >= 15 is 13.2 Å². The third-order valence-electron chi connectivity index (χ3n) is 7.65. The average molecular weight is 483 g/mol. The fourth-order valence-electron chi connectivity index (χ4n) is 5.83. The molecule has 1 aliphatic rings. The second-order valence-corrected chi connectivity index (χ2v) is 9.88. The van der Waals surface area contributed by atoms with Crippen LogP contribution in [0.4, 0.5) is 17.6 Å². The summed E-state index contributed by atoms with van der Waals surface area (Å²) < 4.78 is 60.4. The maximum absolute atomic E-state index is 16.1. The second kappa shape index (κ2) is 11.4. The van der Waals surface area contributed by atoms with Crippen molar-refractivity contribution < 1.29 is 17.6 Å². The normalized spacial score (nSPS) is 21.1. The zero-order chi connectivity index (χ0) is 24.8. The number of unbranched alkanes of at least 4 members (excludes halogenated alkanes) is 1. The molecule has 4 rings (SSSR count). The van der Waals surface area contributed by atoms with Gasteiger partial charge in [-0.05, 0) is 71.9 Å². The van der Waals surface area contributed by atoms with Crippen LogP contribution in [0.1, 0.15) is 69.8 Å². The standard InChI is InChI=1S/C31H34F4/c1-2-3-17-31(35)18-8-7-11-27(31)26(16-19-32)25-20-28(33)30(29(34)21-25)24-14-12-23(13-15-24)22-9-5-4-6-10-22/h4-6,9-10,12-15,20-21,26-27H,2-3,7-8,11,16-19H2,1H3. The number of hydrogen-bond donors (Lipinski definition) is 0. The first-order valence-electron chi connectivity index (χ1n) is 12.9. The predicted molar refractivity (Wildman–Crippen MR) is 136 cm³/mol. The molecule has 186 valence electrons. The molecule has 0 nitrogen and oxygen atoms in total. The van der Waals surface area contributed by atoms with Crippen molar-refractivity contribution >= 4 is 0 Å². The molecule has 1 fully saturated rings. The van der Waals surface area contributed by atoms with Crippen LogP contribution in [0.2, 0.25) is 0 Å². The van der Waals surface area contributed by atoms with Crippen molar-refractivity contribution in [1.29, 1.82) is 0 Å². The Morgan fingerprint density at radius 3 is 2.14 bits per heavy atom. The summed E-state index contributed by atoms with van der Waals surface area (Å²) in [5.41, 5.74) is 1.27. The summed E-state index contributed by atoms with van der Waals surface area (Å²) in [5, 5.41) is 0. The lowest BCUT2D eigenvalue weighted by atomic mass is 9.66. The number of benzene rings is 3. The Morgan fingerprint density at radius 1 is 0.886 bits per heavy atom. The van der Waals surface area contributed by atoms with Gasteiger partial charge in [0.1, 0.15) is 17.3 Å². The maximum atomic E-state index is 16.1. The lowest BCUT2D eigenvalue weighted by molar-refractivity contribution is 0.00941. The molecule has 3 unspecified atom stereocenters. The molecule has 4 heteroatoms. The molecule has 0 bridgehead atoms. The van der Waals surface area contributed by atoms with Crippen LogP contribution in [-0.4, -0.2) is 12.3 Å². The number of hydrogen-bond acceptors (Lipinski definition) is 0. The molecule has 0 radical (unpaired) electrons. The fraction of sp³-hybridized carbons (Fsp3) is 0.419. The highest BCUT2D eigenvalue weighted by Crippen LogP contribution is 2.49. The maximum Gasteiger partial charge on any atom is 0.134 e. The van der Waals surface area contributed by atoms with Crippen LogP contribution >= 0.6 is 0 Å². The number of rotatable bonds is 9. The smallest absolute Gasteiger partial charge is 0.134 e. The summed E-state index contributed by atoms with van der Waals surface area (Å²) in [6, 6.07) is 19.5. The van der Waals surface area contributed by atoms with E-state index in [1.807, 2.05) is 49.4 Å². The minimum Gasteiger partial charge on any atom is -0.251 e. The van der Waals surface area contributed by atoms with Gasteiger partial charge in [0.2, 0.25) is 0 Å². The van der Waals surface area contributed by atoms with Gasteiger partial charge < -0.3 is 0 Å². The summed E-state index contributed by atoms with van der Waals surface area (Å²) in [6.45, 7) is 1.38. The Bertz CT molecular complexity index is 1070. The van der Waals surface area contributed by atoms with Crippen molar-refractivity contribution in [3.8, 4) is 22.3 Å². The quantitative estimate of drug-likeness (QED) is 0.266. The molecule has 0 heterocycles. The molecule has 0 aromatic heterocycles. The first kappa shape index (κ1) is 25.5. The SMILES string of the molecule is CCCCC1(F)CCCCC1C(CCF)c1cc(F)c(-c2ccc(-c3ccccc3)cc2)c(F)c1. The van der Waals surface area contributed by atoms with Crippen LogP contribution in [0.3, 0.4) is 0 Å². The number of alkyl halides is 2. The Hall–Kier alpha value is -2.62. The van der Waals surface area contributed by atoms with Crippen molar-refractivity contribution in [3.63, 3.8) is 0 Å². The van der Waals surface area contributed by atoms with Gasteiger partial charge in [0.15, 0.2) is 0 Å². The molecule has 3 atom stereocenters. The Morgan fingerprint density at radius 2 is 1.51 bits per heavy atom. The minimum atomic E-state index is -1.41.